The van der Waals surface area contributed by atoms with Crippen molar-refractivity contribution < 1.29 is 13.2 Å². The van der Waals surface area contributed by atoms with Crippen LogP contribution in [0.4, 0.5) is 13.2 Å². The van der Waals surface area contributed by atoms with Crippen molar-refractivity contribution in [2.45, 2.75) is 13.1 Å². The summed E-state index contributed by atoms with van der Waals surface area (Å²) in [4.78, 5) is 0. The maximum Gasteiger partial charge on any atom is 0.416 e. The first-order valence-electron chi connectivity index (χ1n) is 7.31. The Balaban J connectivity index is 1.90. The molecule has 25 heavy (non-hydrogen) atoms. The summed E-state index contributed by atoms with van der Waals surface area (Å²) in [6, 6.07) is 12.4. The van der Waals surface area contributed by atoms with Gasteiger partial charge in [-0.25, -0.2) is 5.10 Å². The third-order valence-electron chi connectivity index (χ3n) is 3.52. The van der Waals surface area contributed by atoms with Gasteiger partial charge in [-0.05, 0) is 36.8 Å². The second-order valence-electron chi connectivity index (χ2n) is 5.39. The van der Waals surface area contributed by atoms with Crippen LogP contribution in [0.5, 0.6) is 0 Å². The highest BCUT2D eigenvalue weighted by molar-refractivity contribution is 7.71. The number of aryl methyl sites for hydroxylation is 1. The fraction of sp³-hybridized carbons (Fsp3) is 0.118. The lowest BCUT2D eigenvalue weighted by molar-refractivity contribution is -0.137. The van der Waals surface area contributed by atoms with Gasteiger partial charge in [-0.15, -0.1) is 0 Å². The predicted octanol–water partition coefficient (Wildman–Crippen LogP) is 4.82. The lowest BCUT2D eigenvalue weighted by Gasteiger charge is -2.06. The molecule has 0 spiro atoms. The topological polar surface area (TPSA) is 46.0 Å². The number of benzene rings is 2. The number of hydrogen-bond acceptors (Lipinski definition) is 3. The standard InChI is InChI=1S/C17H13F3N4S/c1-11-2-6-13(7-3-11)15-22-23-16(25)24(15)21-10-12-4-8-14(9-5-12)17(18,19)20/h2-10H,1H3,(H,23,25)/b21-10+. The van der Waals surface area contributed by atoms with Crippen molar-refractivity contribution in [1.82, 2.24) is 14.9 Å². The number of rotatable bonds is 3. The molecule has 0 fully saturated rings. The second kappa shape index (κ2) is 6.64. The van der Waals surface area contributed by atoms with Crippen molar-refractivity contribution in [1.29, 1.82) is 0 Å². The van der Waals surface area contributed by atoms with E-state index in [1.807, 2.05) is 31.2 Å². The third kappa shape index (κ3) is 3.85. The van der Waals surface area contributed by atoms with Crippen molar-refractivity contribution in [2.75, 3.05) is 0 Å². The number of H-pyrrole nitrogens is 1. The van der Waals surface area contributed by atoms with Gasteiger partial charge in [0.25, 0.3) is 0 Å². The maximum atomic E-state index is 12.6. The molecule has 8 heteroatoms. The Morgan fingerprint density at radius 1 is 1.08 bits per heavy atom. The molecule has 0 saturated carbocycles. The zero-order valence-electron chi connectivity index (χ0n) is 13.1. The van der Waals surface area contributed by atoms with E-state index in [2.05, 4.69) is 15.3 Å². The number of alkyl halides is 3. The lowest BCUT2D eigenvalue weighted by atomic mass is 10.1. The van der Waals surface area contributed by atoms with Crippen molar-refractivity contribution in [3.05, 3.63) is 70.0 Å². The van der Waals surface area contributed by atoms with E-state index in [9.17, 15) is 13.2 Å². The highest BCUT2D eigenvalue weighted by Crippen LogP contribution is 2.28. The summed E-state index contributed by atoms with van der Waals surface area (Å²) in [5, 5.41) is 11.1. The molecular weight excluding hydrogens is 349 g/mol. The van der Waals surface area contributed by atoms with Gasteiger partial charge in [0.15, 0.2) is 5.82 Å². The van der Waals surface area contributed by atoms with Crippen LogP contribution in [0.3, 0.4) is 0 Å². The van der Waals surface area contributed by atoms with Crippen molar-refractivity contribution in [3.63, 3.8) is 0 Å². The fourth-order valence-electron chi connectivity index (χ4n) is 2.17. The molecule has 0 atom stereocenters. The van der Waals surface area contributed by atoms with E-state index in [1.165, 1.54) is 23.0 Å². The Kier molecular flexibility index (Phi) is 4.54. The summed E-state index contributed by atoms with van der Waals surface area (Å²) in [5.41, 5.74) is 1.75. The summed E-state index contributed by atoms with van der Waals surface area (Å²) >= 11 is 5.17. The fourth-order valence-corrected chi connectivity index (χ4v) is 2.35. The van der Waals surface area contributed by atoms with Crippen molar-refractivity contribution in [2.24, 2.45) is 5.10 Å². The largest absolute Gasteiger partial charge is 0.416 e. The van der Waals surface area contributed by atoms with Gasteiger partial charge in [0.1, 0.15) is 0 Å². The minimum atomic E-state index is -4.36. The first-order valence-corrected chi connectivity index (χ1v) is 7.71. The normalized spacial score (nSPS) is 12.0. The van der Waals surface area contributed by atoms with Crippen LogP contribution in [0, 0.1) is 11.7 Å². The van der Waals surface area contributed by atoms with Gasteiger partial charge in [-0.2, -0.15) is 28.0 Å². The quantitative estimate of drug-likeness (QED) is 0.536. The van der Waals surface area contributed by atoms with Crippen molar-refractivity contribution >= 4 is 18.4 Å². The lowest BCUT2D eigenvalue weighted by Crippen LogP contribution is -2.04. The Labute approximate surface area is 146 Å². The monoisotopic (exact) mass is 362 g/mol. The van der Waals surface area contributed by atoms with Crippen LogP contribution in [-0.4, -0.2) is 21.1 Å². The van der Waals surface area contributed by atoms with Gasteiger partial charge in [0.2, 0.25) is 4.77 Å². The molecule has 0 aliphatic rings. The highest BCUT2D eigenvalue weighted by atomic mass is 32.1. The van der Waals surface area contributed by atoms with Gasteiger partial charge in [0, 0.05) is 5.56 Å². The zero-order chi connectivity index (χ0) is 18.0. The number of hydrogen-bond donors (Lipinski definition) is 1. The Morgan fingerprint density at radius 2 is 1.72 bits per heavy atom. The number of aromatic nitrogens is 3. The van der Waals surface area contributed by atoms with E-state index in [0.29, 0.717) is 16.2 Å². The van der Waals surface area contributed by atoms with Crippen LogP contribution in [0.2, 0.25) is 0 Å². The molecule has 0 aliphatic carbocycles. The molecule has 1 N–H and O–H groups in total. The first kappa shape index (κ1) is 17.1. The molecule has 4 nitrogen and oxygen atoms in total. The molecule has 3 aromatic rings. The SMILES string of the molecule is Cc1ccc(-c2n[nH]c(=S)n2/N=C/c2ccc(C(F)(F)F)cc2)cc1. The van der Waals surface area contributed by atoms with Gasteiger partial charge in [-0.1, -0.05) is 42.0 Å². The zero-order valence-corrected chi connectivity index (χ0v) is 13.9. The number of nitrogens with one attached hydrogen (secondary N) is 1. The van der Waals surface area contributed by atoms with Crippen molar-refractivity contribution in [3.8, 4) is 11.4 Å². The predicted molar refractivity (Wildman–Crippen MR) is 92.0 cm³/mol. The van der Waals surface area contributed by atoms with E-state index in [4.69, 9.17) is 12.2 Å². The molecule has 1 aromatic heterocycles. The molecule has 0 saturated heterocycles. The first-order chi connectivity index (χ1) is 11.8. The molecule has 2 aromatic carbocycles. The van der Waals surface area contributed by atoms with E-state index < -0.39 is 11.7 Å². The highest BCUT2D eigenvalue weighted by Gasteiger charge is 2.29. The van der Waals surface area contributed by atoms with Crippen LogP contribution < -0.4 is 0 Å². The molecule has 1 heterocycles. The summed E-state index contributed by atoms with van der Waals surface area (Å²) < 4.78 is 39.5. The van der Waals surface area contributed by atoms with Gasteiger partial charge < -0.3 is 0 Å². The van der Waals surface area contributed by atoms with Crippen LogP contribution in [-0.2, 0) is 6.18 Å². The molecule has 3 rings (SSSR count). The molecule has 0 aliphatic heterocycles. The summed E-state index contributed by atoms with van der Waals surface area (Å²) in [6.07, 6.45) is -2.93. The van der Waals surface area contributed by atoms with E-state index in [-0.39, 0.29) is 0 Å². The maximum absolute atomic E-state index is 12.6. The minimum absolute atomic E-state index is 0.290. The Hall–Kier alpha value is -2.74. The van der Waals surface area contributed by atoms with E-state index in [0.717, 1.165) is 23.3 Å². The van der Waals surface area contributed by atoms with Gasteiger partial charge >= 0.3 is 6.18 Å². The molecule has 0 amide bonds. The average Bonchev–Trinajstić information content (AvgIpc) is 2.94. The number of halogens is 3. The Morgan fingerprint density at radius 3 is 2.32 bits per heavy atom. The van der Waals surface area contributed by atoms with Gasteiger partial charge in [-0.3, -0.25) is 0 Å². The summed E-state index contributed by atoms with van der Waals surface area (Å²) in [7, 11) is 0. The molecular formula is C17H13F3N4S. The second-order valence-corrected chi connectivity index (χ2v) is 5.78. The Bertz CT molecular complexity index is 951. The van der Waals surface area contributed by atoms with Crippen LogP contribution >= 0.6 is 12.2 Å². The number of aromatic amines is 1. The average molecular weight is 362 g/mol. The smallest absolute Gasteiger partial charge is 0.250 e. The van der Waals surface area contributed by atoms with Crippen LogP contribution in [0.25, 0.3) is 11.4 Å². The van der Waals surface area contributed by atoms with E-state index in [1.54, 1.807) is 0 Å². The molecule has 0 radical (unpaired) electrons. The molecule has 0 bridgehead atoms. The molecule has 128 valence electrons. The summed E-state index contributed by atoms with van der Waals surface area (Å²) in [6.45, 7) is 1.98. The third-order valence-corrected chi connectivity index (χ3v) is 3.78. The van der Waals surface area contributed by atoms with Crippen LogP contribution in [0.1, 0.15) is 16.7 Å². The minimum Gasteiger partial charge on any atom is -0.250 e. The van der Waals surface area contributed by atoms with Crippen LogP contribution in [0.15, 0.2) is 53.6 Å². The number of nitrogens with zero attached hydrogens (tertiary/aromatic N) is 3. The van der Waals surface area contributed by atoms with E-state index >= 15 is 0 Å². The molecule has 0 unspecified atom stereocenters. The van der Waals surface area contributed by atoms with Gasteiger partial charge in [0.05, 0.1) is 11.8 Å². The summed E-state index contributed by atoms with van der Waals surface area (Å²) in [5.74, 6) is 0.521.